The fourth-order valence-corrected chi connectivity index (χ4v) is 0.471. The van der Waals surface area contributed by atoms with Crippen LogP contribution >= 0.6 is 0 Å². The van der Waals surface area contributed by atoms with Gasteiger partial charge in [0.25, 0.3) is 0 Å². The Kier molecular flexibility index (Phi) is 25.1. The van der Waals surface area contributed by atoms with Crippen LogP contribution in [0.3, 0.4) is 0 Å². The molecule has 0 amide bonds. The van der Waals surface area contributed by atoms with Crippen LogP contribution in [-0.2, 0) is 0 Å². The molecule has 0 aromatic carbocycles. The minimum Gasteiger partial charge on any atom is -0.0856 e. The van der Waals surface area contributed by atoms with Crippen LogP contribution in [0.15, 0.2) is 11.6 Å². The molecule has 0 spiro atoms. The van der Waals surface area contributed by atoms with Crippen molar-refractivity contribution in [2.45, 2.75) is 61.8 Å². The van der Waals surface area contributed by atoms with Gasteiger partial charge in [0, 0.05) is 0 Å². The van der Waals surface area contributed by atoms with Crippen molar-refractivity contribution in [3.05, 3.63) is 11.6 Å². The van der Waals surface area contributed by atoms with Gasteiger partial charge in [-0.2, -0.15) is 0 Å². The van der Waals surface area contributed by atoms with E-state index in [1.165, 1.54) is 12.0 Å². The zero-order valence-corrected chi connectivity index (χ0v) is 10.4. The fraction of sp³-hybridized carbons (Fsp3) is 0.833. The second-order valence-electron chi connectivity index (χ2n) is 2.91. The number of allylic oxidation sites excluding steroid dienone is 2. The quantitative estimate of drug-likeness (QED) is 0.511. The zero-order valence-electron chi connectivity index (χ0n) is 10.4. The summed E-state index contributed by atoms with van der Waals surface area (Å²) in [6.07, 6.45) is 3.51. The van der Waals surface area contributed by atoms with E-state index in [1.54, 1.807) is 0 Å². The first-order valence-electron chi connectivity index (χ1n) is 5.26. The summed E-state index contributed by atoms with van der Waals surface area (Å²) in [5, 5.41) is 0. The lowest BCUT2D eigenvalue weighted by atomic mass is 10.1. The highest BCUT2D eigenvalue weighted by atomic mass is 13.9. The first-order valence-corrected chi connectivity index (χ1v) is 5.26. The molecule has 0 rings (SSSR count). The van der Waals surface area contributed by atoms with Crippen LogP contribution in [0.4, 0.5) is 0 Å². The third-order valence-corrected chi connectivity index (χ3v) is 0.998. The Hall–Kier alpha value is -0.260. The van der Waals surface area contributed by atoms with E-state index in [2.05, 4.69) is 33.8 Å². The van der Waals surface area contributed by atoms with Crippen LogP contribution in [0.1, 0.15) is 61.8 Å². The summed E-state index contributed by atoms with van der Waals surface area (Å²) in [6, 6.07) is 0. The maximum absolute atomic E-state index is 2.28. The Bertz CT molecular complexity index is 74.0. The van der Waals surface area contributed by atoms with Crippen LogP contribution < -0.4 is 0 Å². The van der Waals surface area contributed by atoms with Gasteiger partial charge in [-0.25, -0.2) is 0 Å². The minimum absolute atomic E-state index is 0.810. The Morgan fingerprint density at radius 2 is 1.33 bits per heavy atom. The third kappa shape index (κ3) is 33.1. The molecule has 0 heterocycles. The van der Waals surface area contributed by atoms with Gasteiger partial charge < -0.3 is 0 Å². The molecule has 0 saturated carbocycles. The van der Waals surface area contributed by atoms with Crippen LogP contribution in [0, 0.1) is 5.92 Å². The maximum Gasteiger partial charge on any atom is -0.0325 e. The van der Waals surface area contributed by atoms with Gasteiger partial charge in [-0.1, -0.05) is 53.2 Å². The highest BCUT2D eigenvalue weighted by molar-refractivity contribution is 4.92. The van der Waals surface area contributed by atoms with Crippen molar-refractivity contribution >= 4 is 0 Å². The summed E-state index contributed by atoms with van der Waals surface area (Å²) in [4.78, 5) is 0. The largest absolute Gasteiger partial charge is 0.0856 e. The molecule has 0 unspecified atom stereocenters. The topological polar surface area (TPSA) is 0 Å². The predicted octanol–water partition coefficient (Wildman–Crippen LogP) is 5.05. The first-order chi connectivity index (χ1) is 5.63. The standard InChI is InChI=1S/C8H16.2C2H6/c1-7(2)5-6-8(3)4;2*1-2/h5,8H,6H2,1-4H3;2*1-2H3. The molecule has 0 heteroatoms. The average molecular weight is 172 g/mol. The monoisotopic (exact) mass is 172 g/mol. The molecule has 0 N–H and O–H groups in total. The molecule has 0 aliphatic rings. The molecule has 0 aromatic rings. The van der Waals surface area contributed by atoms with Gasteiger partial charge in [0.15, 0.2) is 0 Å². The molecule has 12 heavy (non-hydrogen) atoms. The SMILES string of the molecule is CC.CC.CC(C)=CCC(C)C. The lowest BCUT2D eigenvalue weighted by Crippen LogP contribution is -1.81. The Morgan fingerprint density at radius 1 is 1.00 bits per heavy atom. The van der Waals surface area contributed by atoms with E-state index >= 15 is 0 Å². The van der Waals surface area contributed by atoms with Crippen LogP contribution in [0.2, 0.25) is 0 Å². The Labute approximate surface area is 80.1 Å². The van der Waals surface area contributed by atoms with E-state index in [9.17, 15) is 0 Å². The van der Waals surface area contributed by atoms with E-state index in [4.69, 9.17) is 0 Å². The Morgan fingerprint density at radius 3 is 1.42 bits per heavy atom. The van der Waals surface area contributed by atoms with Crippen molar-refractivity contribution in [3.8, 4) is 0 Å². The first kappa shape index (κ1) is 17.7. The van der Waals surface area contributed by atoms with Gasteiger partial charge in [-0.15, -0.1) is 0 Å². The van der Waals surface area contributed by atoms with Gasteiger partial charge in [0.1, 0.15) is 0 Å². The number of rotatable bonds is 2. The van der Waals surface area contributed by atoms with E-state index in [-0.39, 0.29) is 0 Å². The van der Waals surface area contributed by atoms with Crippen LogP contribution in [0.5, 0.6) is 0 Å². The average Bonchev–Trinajstić information content (AvgIpc) is 2.08. The molecule has 76 valence electrons. The van der Waals surface area contributed by atoms with Gasteiger partial charge in [0.2, 0.25) is 0 Å². The van der Waals surface area contributed by atoms with Gasteiger partial charge >= 0.3 is 0 Å². The number of hydrogen-bond acceptors (Lipinski definition) is 0. The van der Waals surface area contributed by atoms with Crippen molar-refractivity contribution in [1.82, 2.24) is 0 Å². The van der Waals surface area contributed by atoms with Crippen LogP contribution in [0.25, 0.3) is 0 Å². The van der Waals surface area contributed by atoms with Crippen molar-refractivity contribution < 1.29 is 0 Å². The van der Waals surface area contributed by atoms with Crippen molar-refractivity contribution in [1.29, 1.82) is 0 Å². The maximum atomic E-state index is 2.28. The van der Waals surface area contributed by atoms with E-state index in [0.29, 0.717) is 0 Å². The summed E-state index contributed by atoms with van der Waals surface area (Å²) in [6.45, 7) is 16.8. The molecule has 0 saturated heterocycles. The summed E-state index contributed by atoms with van der Waals surface area (Å²) < 4.78 is 0. The molecule has 0 aliphatic carbocycles. The fourth-order valence-electron chi connectivity index (χ4n) is 0.471. The van der Waals surface area contributed by atoms with Gasteiger partial charge in [-0.3, -0.25) is 0 Å². The van der Waals surface area contributed by atoms with E-state index < -0.39 is 0 Å². The van der Waals surface area contributed by atoms with E-state index in [1.807, 2.05) is 27.7 Å². The van der Waals surface area contributed by atoms with Crippen molar-refractivity contribution in [3.63, 3.8) is 0 Å². The molecule has 0 radical (unpaired) electrons. The third-order valence-electron chi connectivity index (χ3n) is 0.998. The molecular formula is C12H28. The van der Waals surface area contributed by atoms with Crippen molar-refractivity contribution in [2.75, 3.05) is 0 Å². The molecule has 0 bridgehead atoms. The molecule has 0 fully saturated rings. The van der Waals surface area contributed by atoms with E-state index in [0.717, 1.165) is 5.92 Å². The Balaban J connectivity index is -0.000000175. The summed E-state index contributed by atoms with van der Waals surface area (Å²) in [5.74, 6) is 0.810. The van der Waals surface area contributed by atoms with Crippen LogP contribution in [-0.4, -0.2) is 0 Å². The number of hydrogen-bond donors (Lipinski definition) is 0. The molecule has 0 nitrogen and oxygen atoms in total. The molecule has 0 aromatic heterocycles. The van der Waals surface area contributed by atoms with Gasteiger partial charge in [-0.05, 0) is 26.2 Å². The summed E-state index contributed by atoms with van der Waals surface area (Å²) in [5.41, 5.74) is 1.43. The second-order valence-corrected chi connectivity index (χ2v) is 2.91. The molecule has 0 aliphatic heterocycles. The summed E-state index contributed by atoms with van der Waals surface area (Å²) >= 11 is 0. The van der Waals surface area contributed by atoms with Gasteiger partial charge in [0.05, 0.1) is 0 Å². The highest BCUT2D eigenvalue weighted by Crippen LogP contribution is 2.02. The molecular weight excluding hydrogens is 144 g/mol. The lowest BCUT2D eigenvalue weighted by Gasteiger charge is -1.96. The van der Waals surface area contributed by atoms with Crippen molar-refractivity contribution in [2.24, 2.45) is 5.92 Å². The smallest absolute Gasteiger partial charge is 0.0325 e. The zero-order chi connectivity index (χ0) is 10.6. The lowest BCUT2D eigenvalue weighted by molar-refractivity contribution is 0.661. The molecule has 0 atom stereocenters. The normalized spacial score (nSPS) is 7.42. The second kappa shape index (κ2) is 17.0. The highest BCUT2D eigenvalue weighted by Gasteiger charge is 1.86. The summed E-state index contributed by atoms with van der Waals surface area (Å²) in [7, 11) is 0. The predicted molar refractivity (Wildman–Crippen MR) is 61.6 cm³/mol. The minimum atomic E-state index is 0.810.